The molecule has 0 saturated carbocycles. The zero-order chi connectivity index (χ0) is 15.2. The van der Waals surface area contributed by atoms with Gasteiger partial charge in [0, 0.05) is 23.6 Å². The van der Waals surface area contributed by atoms with Crippen molar-refractivity contribution in [2.45, 2.75) is 20.3 Å². The molecule has 4 N–H and O–H groups in total. The van der Waals surface area contributed by atoms with Crippen LogP contribution >= 0.6 is 0 Å². The summed E-state index contributed by atoms with van der Waals surface area (Å²) < 4.78 is 22.7. The number of sulfone groups is 1. The van der Waals surface area contributed by atoms with Gasteiger partial charge < -0.3 is 10.7 Å². The second-order valence-electron chi connectivity index (χ2n) is 4.22. The molecule has 0 atom stereocenters. The number of anilines is 1. The van der Waals surface area contributed by atoms with E-state index in [-0.39, 0.29) is 24.0 Å². The van der Waals surface area contributed by atoms with Crippen molar-refractivity contribution >= 4 is 21.6 Å². The normalized spacial score (nSPS) is 11.2. The Kier molecular flexibility index (Phi) is 5.90. The first-order valence-corrected chi connectivity index (χ1v) is 8.20. The molecule has 112 valence electrons. The van der Waals surface area contributed by atoms with E-state index in [9.17, 15) is 13.2 Å². The smallest absolute Gasteiger partial charge is 0.251 e. The number of nitrogens with two attached hydrogens (primary N) is 1. The topological polar surface area (TPSA) is 114 Å². The van der Waals surface area contributed by atoms with Gasteiger partial charge in [-0.1, -0.05) is 13.8 Å². The van der Waals surface area contributed by atoms with Gasteiger partial charge in [-0.05, 0) is 18.6 Å². The number of hydrogen-bond acceptors (Lipinski definition) is 6. The first-order chi connectivity index (χ1) is 9.41. The summed E-state index contributed by atoms with van der Waals surface area (Å²) in [6.45, 7) is 3.58. The second-order valence-corrected chi connectivity index (χ2v) is 6.70. The number of nitrogens with one attached hydrogen (secondary N) is 2. The molecule has 0 aliphatic rings. The number of rotatable bonds is 7. The van der Waals surface area contributed by atoms with Crippen molar-refractivity contribution in [3.63, 3.8) is 0 Å². The number of pyridine rings is 1. The number of nitrogen functional groups attached to an aromatic ring is 1. The van der Waals surface area contributed by atoms with Crippen molar-refractivity contribution in [3.05, 3.63) is 23.4 Å². The molecule has 8 heteroatoms. The molecule has 1 heterocycles. The van der Waals surface area contributed by atoms with E-state index in [4.69, 9.17) is 5.84 Å². The molecular weight excluding hydrogens is 280 g/mol. The standard InChI is InChI=1S/C12H20N4O3S/c1-3-10-7-9(8-11(15-10)16-13)12(17)14-5-6-20(18,19)4-2/h7-8H,3-6,13H2,1-2H3,(H,14,17)(H,15,16). The molecule has 0 saturated heterocycles. The number of amides is 1. The SMILES string of the molecule is CCc1cc(C(=O)NCCS(=O)(=O)CC)cc(NN)n1. The van der Waals surface area contributed by atoms with Crippen molar-refractivity contribution in [1.29, 1.82) is 0 Å². The van der Waals surface area contributed by atoms with Gasteiger partial charge in [0.05, 0.1) is 5.75 Å². The molecule has 0 unspecified atom stereocenters. The Morgan fingerprint density at radius 1 is 1.35 bits per heavy atom. The summed E-state index contributed by atoms with van der Waals surface area (Å²) in [5.41, 5.74) is 3.53. The van der Waals surface area contributed by atoms with Crippen molar-refractivity contribution in [1.82, 2.24) is 10.3 Å². The van der Waals surface area contributed by atoms with E-state index in [1.807, 2.05) is 6.92 Å². The van der Waals surface area contributed by atoms with Gasteiger partial charge in [-0.25, -0.2) is 19.2 Å². The number of carbonyl (C=O) groups excluding carboxylic acids is 1. The summed E-state index contributed by atoms with van der Waals surface area (Å²) in [7, 11) is -3.08. The van der Waals surface area contributed by atoms with Crippen LogP contribution in [-0.2, 0) is 16.3 Å². The Morgan fingerprint density at radius 3 is 2.60 bits per heavy atom. The Bertz CT molecular complexity index is 550. The van der Waals surface area contributed by atoms with E-state index in [0.29, 0.717) is 17.8 Å². The maximum Gasteiger partial charge on any atom is 0.251 e. The number of nitrogens with zero attached hydrogens (tertiary/aromatic N) is 1. The molecule has 0 fully saturated rings. The summed E-state index contributed by atoms with van der Waals surface area (Å²) >= 11 is 0. The third-order valence-electron chi connectivity index (χ3n) is 2.79. The molecule has 1 amide bonds. The van der Waals surface area contributed by atoms with E-state index in [2.05, 4.69) is 15.7 Å². The zero-order valence-electron chi connectivity index (χ0n) is 11.6. The van der Waals surface area contributed by atoms with Gasteiger partial charge in [0.2, 0.25) is 0 Å². The van der Waals surface area contributed by atoms with Crippen LogP contribution in [-0.4, -0.2) is 37.4 Å². The molecule has 1 aromatic heterocycles. The highest BCUT2D eigenvalue weighted by atomic mass is 32.2. The summed E-state index contributed by atoms with van der Waals surface area (Å²) in [6, 6.07) is 3.17. The first-order valence-electron chi connectivity index (χ1n) is 6.38. The Morgan fingerprint density at radius 2 is 2.05 bits per heavy atom. The van der Waals surface area contributed by atoms with E-state index in [1.165, 1.54) is 6.07 Å². The predicted octanol–water partition coefficient (Wildman–Crippen LogP) is 0.0941. The lowest BCUT2D eigenvalue weighted by Crippen LogP contribution is -2.30. The fourth-order valence-corrected chi connectivity index (χ4v) is 2.24. The minimum Gasteiger partial charge on any atom is -0.351 e. The maximum absolute atomic E-state index is 12.0. The van der Waals surface area contributed by atoms with Crippen LogP contribution in [0, 0.1) is 0 Å². The second kappa shape index (κ2) is 7.20. The molecule has 0 aromatic carbocycles. The molecule has 0 bridgehead atoms. The summed E-state index contributed by atoms with van der Waals surface area (Å²) in [4.78, 5) is 16.1. The van der Waals surface area contributed by atoms with Crippen molar-refractivity contribution in [2.24, 2.45) is 5.84 Å². The lowest BCUT2D eigenvalue weighted by molar-refractivity contribution is 0.0956. The molecule has 20 heavy (non-hydrogen) atoms. The fourth-order valence-electron chi connectivity index (χ4n) is 1.54. The molecule has 0 spiro atoms. The molecule has 0 radical (unpaired) electrons. The number of hydrazine groups is 1. The zero-order valence-corrected chi connectivity index (χ0v) is 12.5. The van der Waals surface area contributed by atoms with Crippen LogP contribution in [0.3, 0.4) is 0 Å². The lowest BCUT2D eigenvalue weighted by Gasteiger charge is -2.08. The quantitative estimate of drug-likeness (QED) is 0.486. The van der Waals surface area contributed by atoms with Gasteiger partial charge in [0.1, 0.15) is 5.82 Å². The van der Waals surface area contributed by atoms with Crippen LogP contribution in [0.1, 0.15) is 29.9 Å². The minimum absolute atomic E-state index is 0.0665. The molecular formula is C12H20N4O3S. The maximum atomic E-state index is 12.0. The molecule has 7 nitrogen and oxygen atoms in total. The Balaban J connectivity index is 2.72. The van der Waals surface area contributed by atoms with Crippen LogP contribution in [0.25, 0.3) is 0 Å². The van der Waals surface area contributed by atoms with Crippen LogP contribution in [0.2, 0.25) is 0 Å². The molecule has 1 aromatic rings. The predicted molar refractivity (Wildman–Crippen MR) is 78.1 cm³/mol. The number of carbonyl (C=O) groups is 1. The number of aryl methyl sites for hydroxylation is 1. The van der Waals surface area contributed by atoms with Crippen molar-refractivity contribution < 1.29 is 13.2 Å². The third-order valence-corrected chi connectivity index (χ3v) is 4.49. The highest BCUT2D eigenvalue weighted by molar-refractivity contribution is 7.91. The Labute approximate surface area is 118 Å². The highest BCUT2D eigenvalue weighted by Crippen LogP contribution is 2.10. The molecule has 1 rings (SSSR count). The van der Waals surface area contributed by atoms with Crippen LogP contribution in [0.4, 0.5) is 5.82 Å². The van der Waals surface area contributed by atoms with E-state index in [1.54, 1.807) is 13.0 Å². The monoisotopic (exact) mass is 300 g/mol. The van der Waals surface area contributed by atoms with Crippen LogP contribution < -0.4 is 16.6 Å². The van der Waals surface area contributed by atoms with Crippen LogP contribution in [0.5, 0.6) is 0 Å². The number of hydrogen-bond donors (Lipinski definition) is 3. The van der Waals surface area contributed by atoms with E-state index < -0.39 is 9.84 Å². The lowest BCUT2D eigenvalue weighted by atomic mass is 10.2. The average Bonchev–Trinajstić information content (AvgIpc) is 2.46. The summed E-state index contributed by atoms with van der Waals surface area (Å²) in [5.74, 6) is 5.35. The molecule has 0 aliphatic carbocycles. The average molecular weight is 300 g/mol. The van der Waals surface area contributed by atoms with Crippen molar-refractivity contribution in [3.8, 4) is 0 Å². The largest absolute Gasteiger partial charge is 0.351 e. The highest BCUT2D eigenvalue weighted by Gasteiger charge is 2.11. The number of aromatic nitrogens is 1. The molecule has 0 aliphatic heterocycles. The van der Waals surface area contributed by atoms with Gasteiger partial charge in [0.25, 0.3) is 5.91 Å². The summed E-state index contributed by atoms with van der Waals surface area (Å²) in [6.07, 6.45) is 0.667. The third kappa shape index (κ3) is 4.78. The minimum atomic E-state index is -3.08. The van der Waals surface area contributed by atoms with Gasteiger partial charge in [-0.3, -0.25) is 4.79 Å². The summed E-state index contributed by atoms with van der Waals surface area (Å²) in [5, 5.41) is 2.58. The first kappa shape index (κ1) is 16.4. The van der Waals surface area contributed by atoms with Gasteiger partial charge in [-0.15, -0.1) is 0 Å². The van der Waals surface area contributed by atoms with Crippen LogP contribution in [0.15, 0.2) is 12.1 Å². The van der Waals surface area contributed by atoms with E-state index in [0.717, 1.165) is 5.69 Å². The van der Waals surface area contributed by atoms with Gasteiger partial charge in [-0.2, -0.15) is 0 Å². The van der Waals surface area contributed by atoms with E-state index >= 15 is 0 Å². The van der Waals surface area contributed by atoms with Gasteiger partial charge >= 0.3 is 0 Å². The van der Waals surface area contributed by atoms with Gasteiger partial charge in [0.15, 0.2) is 9.84 Å². The fraction of sp³-hybridized carbons (Fsp3) is 0.500. The van der Waals surface area contributed by atoms with Crippen molar-refractivity contribution in [2.75, 3.05) is 23.5 Å². The Hall–Kier alpha value is -1.67.